The smallest absolute Gasteiger partial charge is 0.207 e. The summed E-state index contributed by atoms with van der Waals surface area (Å²) in [4.78, 5) is 0. The lowest BCUT2D eigenvalue weighted by Gasteiger charge is -2.39. The summed E-state index contributed by atoms with van der Waals surface area (Å²) in [7, 11) is -11.6. The first-order valence-corrected chi connectivity index (χ1v) is 69.5. The lowest BCUT2D eigenvalue weighted by molar-refractivity contribution is -0.130. The highest BCUT2D eigenvalue weighted by Gasteiger charge is 2.41. The summed E-state index contributed by atoms with van der Waals surface area (Å²) in [5.41, 5.74) is 4.81. The molecule has 0 rings (SSSR count). The molecule has 0 saturated carbocycles. The van der Waals surface area contributed by atoms with Gasteiger partial charge in [0.1, 0.15) is 7.38 Å². The fourth-order valence-electron chi connectivity index (χ4n) is 6.53. The van der Waals surface area contributed by atoms with Crippen LogP contribution in [-0.2, 0) is 0 Å². The van der Waals surface area contributed by atoms with Crippen molar-refractivity contribution in [3.8, 4) is 0 Å². The van der Waals surface area contributed by atoms with E-state index in [4.69, 9.17) is 55.4 Å². The van der Waals surface area contributed by atoms with Crippen LogP contribution in [0.15, 0.2) is 0 Å². The van der Waals surface area contributed by atoms with Crippen LogP contribution in [0, 0.1) is 0 Å². The summed E-state index contributed by atoms with van der Waals surface area (Å²) in [6.07, 6.45) is -4.72. The normalized spacial score (nSPS) is 13.3. The standard InChI is InChI=1S/C10H24Si.C9H21ClSi.C7H16F2Si.2C7H18Si.2C6H15ClSi.C5H10ClF3Si.C4H12Si.C3H9ClSi/c1-8(2)11(7,9(3)4)10(5)6;1-7(2)11(10,8(3)4)9(5)6;1-7(8,9)5-6-10(2,3)4;1-7(2,3)8(4,5)6;1-5-8(4,6-2)7-3;1-6(2,3)8(4,5)7;1-4-8(7,5-2)6-3;1-10(2,6)4-3-5(7,8)9;2*1-5(2,3)4/h8-10H,1-7H3;7-9H,1-6H3;5-6H2,1-4H3;1-6H3;5-7H2,1-4H3;1-5H3;4-6H2,1-3H3;3-4H2,1-2H3;1-4H3;1-3H3. The second kappa shape index (κ2) is 47.2. The molecule has 0 aromatic rings. The Morgan fingerprint density at radius 1 is 0.357 bits per heavy atom. The molecule has 0 atom stereocenters. The van der Waals surface area contributed by atoms with Crippen LogP contribution < -0.4 is 0 Å². The van der Waals surface area contributed by atoms with Crippen molar-refractivity contribution in [2.45, 2.75) is 414 Å². The number of halogens is 10. The summed E-state index contributed by atoms with van der Waals surface area (Å²) in [5, 5.41) is 0.918. The van der Waals surface area contributed by atoms with Gasteiger partial charge >= 0.3 is 6.18 Å². The van der Waals surface area contributed by atoms with E-state index in [1.165, 1.54) is 36.3 Å². The SMILES string of the molecule is CC(C)(C)[Si](C)(C)C.CC(C)(C)[Si](C)(C)Cl.CC(C)[Si](C)(C(C)C)C(C)C.CC(C)[Si](Cl)(C(C)C)C(C)C.CC(F)(F)CC[Si](C)(C)C.CC[Si](C)(CC)CC.CC[Si](Cl)(CC)CC.C[Si](C)(C)C.C[Si](C)(C)Cl.C[Si](C)(Cl)CCC(F)(F)F. The number of alkyl halides is 5. The van der Waals surface area contributed by atoms with Gasteiger partial charge in [0.25, 0.3) is 0 Å². The van der Waals surface area contributed by atoms with Gasteiger partial charge in [-0.1, -0.05) is 331 Å². The zero-order chi connectivity index (χ0) is 71.5. The average Bonchev–Trinajstić information content (AvgIpc) is 3.24. The average molecular weight is 1480 g/mol. The van der Waals surface area contributed by atoms with Gasteiger partial charge in [-0.25, -0.2) is 8.78 Å². The maximum Gasteiger partial charge on any atom is 0.388 e. The number of hydrogen-bond acceptors (Lipinski definition) is 0. The van der Waals surface area contributed by atoms with Crippen molar-refractivity contribution in [3.63, 3.8) is 0 Å². The molecule has 524 valence electrons. The van der Waals surface area contributed by atoms with Gasteiger partial charge in [-0.2, -0.15) is 68.6 Å². The topological polar surface area (TPSA) is 0 Å². The predicted octanol–water partition coefficient (Wildman–Crippen LogP) is 32.2. The molecular weight excluding hydrogens is 1320 g/mol. The summed E-state index contributed by atoms with van der Waals surface area (Å²) < 4.78 is 59.2. The second-order valence-corrected chi connectivity index (χ2v) is 99.8. The Bertz CT molecular complexity index is 1260. The van der Waals surface area contributed by atoms with E-state index in [-0.39, 0.29) is 12.5 Å². The minimum atomic E-state index is -4.04. The summed E-state index contributed by atoms with van der Waals surface area (Å²) in [5.74, 6) is -2.46. The van der Waals surface area contributed by atoms with E-state index in [9.17, 15) is 22.0 Å². The Morgan fingerprint density at radius 2 is 0.571 bits per heavy atom. The molecule has 0 aliphatic heterocycles. The largest absolute Gasteiger partial charge is 0.388 e. The molecule has 20 heteroatoms. The second-order valence-electron chi connectivity index (χ2n) is 34.5. The molecule has 0 fully saturated rings. The molecule has 0 N–H and O–H groups in total. The molecule has 0 heterocycles. The molecule has 0 unspecified atom stereocenters. The lowest BCUT2D eigenvalue weighted by Crippen LogP contribution is -2.40. The van der Waals surface area contributed by atoms with Gasteiger partial charge in [-0.3, -0.25) is 0 Å². The molecule has 0 spiro atoms. The summed E-state index contributed by atoms with van der Waals surface area (Å²) in [6.45, 7) is 98.1. The molecule has 0 aromatic heterocycles. The van der Waals surface area contributed by atoms with Crippen LogP contribution in [0.3, 0.4) is 0 Å². The third kappa shape index (κ3) is 76.0. The van der Waals surface area contributed by atoms with Gasteiger partial charge in [0.15, 0.2) is 29.5 Å². The minimum Gasteiger partial charge on any atom is -0.207 e. The third-order valence-corrected chi connectivity index (χ3v) is 58.8. The lowest BCUT2D eigenvalue weighted by atomic mass is 10.2. The zero-order valence-electron chi connectivity index (χ0n) is 65.3. The minimum absolute atomic E-state index is 0.0583. The Balaban J connectivity index is -0.0000000913. The van der Waals surface area contributed by atoms with Crippen molar-refractivity contribution in [1.82, 2.24) is 0 Å². The van der Waals surface area contributed by atoms with E-state index in [0.717, 1.165) is 29.6 Å². The molecule has 0 amide bonds. The van der Waals surface area contributed by atoms with Crippen molar-refractivity contribution < 1.29 is 22.0 Å². The van der Waals surface area contributed by atoms with Crippen LogP contribution in [0.2, 0.25) is 216 Å². The van der Waals surface area contributed by atoms with Crippen LogP contribution in [0.4, 0.5) is 22.0 Å². The van der Waals surface area contributed by atoms with Crippen LogP contribution in [-0.4, -0.2) is 89.4 Å². The maximum atomic E-state index is 12.3. The van der Waals surface area contributed by atoms with Gasteiger partial charge in [-0.15, -0.1) is 0 Å². The maximum absolute atomic E-state index is 12.3. The molecule has 0 aliphatic carbocycles. The van der Waals surface area contributed by atoms with Gasteiger partial charge < -0.3 is 0 Å². The van der Waals surface area contributed by atoms with E-state index in [1.54, 1.807) is 13.1 Å². The molecular formula is C64H158Cl5F5Si10. The van der Waals surface area contributed by atoms with Gasteiger partial charge in [0, 0.05) is 45.1 Å². The van der Waals surface area contributed by atoms with E-state index >= 15 is 0 Å². The highest BCUT2D eigenvalue weighted by atomic mass is 35.6. The van der Waals surface area contributed by atoms with Crippen LogP contribution >= 0.6 is 55.4 Å². The van der Waals surface area contributed by atoms with Crippen molar-refractivity contribution >= 4 is 133 Å². The Kier molecular flexibility index (Phi) is 61.1. The molecule has 0 aliphatic rings. The first-order chi connectivity index (χ1) is 35.9. The quantitative estimate of drug-likeness (QED) is 0.0774. The molecule has 0 saturated heterocycles. The number of hydrogen-bond donors (Lipinski definition) is 0. The van der Waals surface area contributed by atoms with Crippen molar-refractivity contribution in [3.05, 3.63) is 0 Å². The Labute approximate surface area is 563 Å². The summed E-state index contributed by atoms with van der Waals surface area (Å²) >= 11 is 30.4. The molecule has 0 aromatic carbocycles. The van der Waals surface area contributed by atoms with E-state index < -0.39 is 95.8 Å². The van der Waals surface area contributed by atoms with E-state index in [0.29, 0.717) is 26.7 Å². The Morgan fingerprint density at radius 3 is 0.595 bits per heavy atom. The molecule has 84 heavy (non-hydrogen) atoms. The van der Waals surface area contributed by atoms with Gasteiger partial charge in [-0.05, 0) is 57.8 Å². The first kappa shape index (κ1) is 109. The molecule has 0 bridgehead atoms. The third-order valence-electron chi connectivity index (χ3n) is 17.2. The predicted molar refractivity (Wildman–Crippen MR) is 427 cm³/mol. The summed E-state index contributed by atoms with van der Waals surface area (Å²) in [6, 6.07) is 8.87. The van der Waals surface area contributed by atoms with Crippen LogP contribution in [0.1, 0.15) is 186 Å². The van der Waals surface area contributed by atoms with Crippen molar-refractivity contribution in [2.75, 3.05) is 0 Å². The zero-order valence-corrected chi connectivity index (χ0v) is 79.1. The van der Waals surface area contributed by atoms with E-state index in [1.807, 2.05) is 0 Å². The monoisotopic (exact) mass is 1480 g/mol. The number of rotatable bonds is 17. The van der Waals surface area contributed by atoms with Crippen LogP contribution in [0.5, 0.6) is 0 Å². The van der Waals surface area contributed by atoms with Gasteiger partial charge in [0.2, 0.25) is 5.92 Å². The fourth-order valence-corrected chi connectivity index (χ4v) is 19.9. The van der Waals surface area contributed by atoms with E-state index in [2.05, 4.69) is 277 Å². The highest BCUT2D eigenvalue weighted by Crippen LogP contribution is 2.45. The van der Waals surface area contributed by atoms with Crippen molar-refractivity contribution in [2.24, 2.45) is 0 Å². The van der Waals surface area contributed by atoms with Gasteiger partial charge in [0.05, 0.1) is 8.07 Å². The van der Waals surface area contributed by atoms with Crippen LogP contribution in [0.25, 0.3) is 0 Å². The molecule has 0 nitrogen and oxygen atoms in total. The molecule has 0 radical (unpaired) electrons. The highest BCUT2D eigenvalue weighted by molar-refractivity contribution is 7.22. The Hall–Kier alpha value is 3.27. The fraction of sp³-hybridized carbons (Fsp3) is 1.00. The first-order valence-electron chi connectivity index (χ1n) is 32.8. The van der Waals surface area contributed by atoms with Crippen molar-refractivity contribution in [1.29, 1.82) is 0 Å².